The van der Waals surface area contributed by atoms with Crippen LogP contribution in [0, 0.1) is 0 Å². The molecule has 0 bridgehead atoms. The van der Waals surface area contributed by atoms with Gasteiger partial charge in [-0.25, -0.2) is 0 Å². The van der Waals surface area contributed by atoms with Gasteiger partial charge in [0.25, 0.3) is 0 Å². The van der Waals surface area contributed by atoms with Crippen molar-refractivity contribution in [1.29, 1.82) is 0 Å². The quantitative estimate of drug-likeness (QED) is 0.742. The molecule has 1 rings (SSSR count). The predicted octanol–water partition coefficient (Wildman–Crippen LogP) is 3.57. The van der Waals surface area contributed by atoms with Crippen molar-refractivity contribution in [2.75, 3.05) is 13.4 Å². The molecule has 0 aromatic heterocycles. The summed E-state index contributed by atoms with van der Waals surface area (Å²) in [6.45, 7) is 0.192. The van der Waals surface area contributed by atoms with Crippen molar-refractivity contribution in [2.24, 2.45) is 0 Å². The number of rotatable bonds is 3. The van der Waals surface area contributed by atoms with Crippen LogP contribution in [-0.2, 0) is 17.5 Å². The van der Waals surface area contributed by atoms with Crippen molar-refractivity contribution in [3.05, 3.63) is 29.3 Å². The maximum Gasteiger partial charge on any atom is 0.417 e. The maximum absolute atomic E-state index is 12.6. The molecule has 0 radical (unpaired) electrons. The number of thioether (sulfide) groups is 1. The second-order valence-corrected chi connectivity index (χ2v) is 3.81. The lowest BCUT2D eigenvalue weighted by Crippen LogP contribution is -2.07. The first-order chi connectivity index (χ1) is 6.99. The summed E-state index contributed by atoms with van der Waals surface area (Å²) in [5.41, 5.74) is -0.0628. The normalized spacial score (nSPS) is 11.8. The third-order valence-corrected chi connectivity index (χ3v) is 2.68. The van der Waals surface area contributed by atoms with E-state index < -0.39 is 11.7 Å². The summed E-state index contributed by atoms with van der Waals surface area (Å²) in [7, 11) is 1.45. The summed E-state index contributed by atoms with van der Waals surface area (Å²) in [4.78, 5) is 0.238. The Labute approximate surface area is 90.6 Å². The highest BCUT2D eigenvalue weighted by Gasteiger charge is 2.33. The minimum atomic E-state index is -4.30. The summed E-state index contributed by atoms with van der Waals surface area (Å²) in [6, 6.07) is 4.25. The number of ether oxygens (including phenoxy) is 1. The van der Waals surface area contributed by atoms with Gasteiger partial charge in [-0.1, -0.05) is 6.07 Å². The molecule has 0 aliphatic carbocycles. The molecule has 5 heteroatoms. The molecule has 0 unspecified atom stereocenters. The molecule has 1 aromatic rings. The predicted molar refractivity (Wildman–Crippen MR) is 53.9 cm³/mol. The molecule has 1 aromatic carbocycles. The Morgan fingerprint density at radius 3 is 2.47 bits per heavy atom. The molecule has 0 N–H and O–H groups in total. The van der Waals surface area contributed by atoms with Gasteiger partial charge in [-0.15, -0.1) is 11.8 Å². The molecule has 0 aliphatic rings. The van der Waals surface area contributed by atoms with E-state index >= 15 is 0 Å². The van der Waals surface area contributed by atoms with Crippen LogP contribution in [0.4, 0.5) is 13.2 Å². The van der Waals surface area contributed by atoms with Gasteiger partial charge >= 0.3 is 6.18 Å². The fourth-order valence-corrected chi connectivity index (χ4v) is 1.83. The van der Waals surface area contributed by atoms with Crippen LogP contribution < -0.4 is 0 Å². The van der Waals surface area contributed by atoms with Gasteiger partial charge in [-0.05, 0) is 24.0 Å². The van der Waals surface area contributed by atoms with E-state index in [4.69, 9.17) is 4.74 Å². The second-order valence-electron chi connectivity index (χ2n) is 2.97. The van der Waals surface area contributed by atoms with Crippen LogP contribution >= 0.6 is 11.8 Å². The highest BCUT2D eigenvalue weighted by atomic mass is 32.2. The minimum absolute atomic E-state index is 0.192. The minimum Gasteiger partial charge on any atom is -0.380 e. The molecule has 0 amide bonds. The van der Waals surface area contributed by atoms with Crippen LogP contribution in [-0.4, -0.2) is 13.4 Å². The standard InChI is InChI=1S/C10H11F3OS/c1-14-6-7-3-4-9(15-2)8(5-7)10(11,12)13/h3-5H,6H2,1-2H3. The van der Waals surface area contributed by atoms with Crippen LogP contribution in [0.5, 0.6) is 0 Å². The summed E-state index contributed by atoms with van der Waals surface area (Å²) >= 11 is 1.09. The van der Waals surface area contributed by atoms with Crippen LogP contribution in [0.15, 0.2) is 23.1 Å². The second kappa shape index (κ2) is 4.90. The molecule has 0 aliphatic heterocycles. The van der Waals surface area contributed by atoms with E-state index in [1.54, 1.807) is 12.3 Å². The van der Waals surface area contributed by atoms with E-state index in [0.29, 0.717) is 5.56 Å². The zero-order chi connectivity index (χ0) is 11.5. The number of alkyl halides is 3. The van der Waals surface area contributed by atoms with Gasteiger partial charge in [0.1, 0.15) is 0 Å². The zero-order valence-corrected chi connectivity index (χ0v) is 9.21. The van der Waals surface area contributed by atoms with Gasteiger partial charge in [0.2, 0.25) is 0 Å². The smallest absolute Gasteiger partial charge is 0.380 e. The molecule has 0 fully saturated rings. The molecular weight excluding hydrogens is 225 g/mol. The van der Waals surface area contributed by atoms with Gasteiger partial charge in [0.15, 0.2) is 0 Å². The fraction of sp³-hybridized carbons (Fsp3) is 0.400. The number of methoxy groups -OCH3 is 1. The molecule has 0 spiro atoms. The Bertz CT molecular complexity index is 336. The molecule has 0 saturated carbocycles. The molecule has 0 saturated heterocycles. The highest BCUT2D eigenvalue weighted by Crippen LogP contribution is 2.36. The summed E-state index contributed by atoms with van der Waals surface area (Å²) in [6.07, 6.45) is -2.68. The van der Waals surface area contributed by atoms with Gasteiger partial charge < -0.3 is 4.74 Å². The van der Waals surface area contributed by atoms with Crippen molar-refractivity contribution in [2.45, 2.75) is 17.7 Å². The third kappa shape index (κ3) is 3.14. The van der Waals surface area contributed by atoms with Crippen molar-refractivity contribution >= 4 is 11.8 Å². The topological polar surface area (TPSA) is 9.23 Å². The Kier molecular flexibility index (Phi) is 4.04. The van der Waals surface area contributed by atoms with Crippen LogP contribution in [0.3, 0.4) is 0 Å². The molecule has 84 valence electrons. The molecular formula is C10H11F3OS. The van der Waals surface area contributed by atoms with Crippen LogP contribution in [0.25, 0.3) is 0 Å². The van der Waals surface area contributed by atoms with Crippen LogP contribution in [0.1, 0.15) is 11.1 Å². The van der Waals surface area contributed by atoms with E-state index in [1.165, 1.54) is 13.2 Å². The van der Waals surface area contributed by atoms with Crippen molar-refractivity contribution in [1.82, 2.24) is 0 Å². The summed E-state index contributed by atoms with van der Waals surface area (Å²) < 4.78 is 42.6. The number of hydrogen-bond donors (Lipinski definition) is 0. The van der Waals surface area contributed by atoms with Gasteiger partial charge in [-0.3, -0.25) is 0 Å². The molecule has 15 heavy (non-hydrogen) atoms. The van der Waals surface area contributed by atoms with Crippen molar-refractivity contribution in [3.8, 4) is 0 Å². The molecule has 0 atom stereocenters. The van der Waals surface area contributed by atoms with E-state index in [2.05, 4.69) is 0 Å². The largest absolute Gasteiger partial charge is 0.417 e. The van der Waals surface area contributed by atoms with Crippen molar-refractivity contribution < 1.29 is 17.9 Å². The van der Waals surface area contributed by atoms with Crippen LogP contribution in [0.2, 0.25) is 0 Å². The first kappa shape index (κ1) is 12.4. The van der Waals surface area contributed by atoms with E-state index in [9.17, 15) is 13.2 Å². The van der Waals surface area contributed by atoms with E-state index in [0.717, 1.165) is 17.8 Å². The Morgan fingerprint density at radius 2 is 2.00 bits per heavy atom. The van der Waals surface area contributed by atoms with Gasteiger partial charge in [0.05, 0.1) is 12.2 Å². The number of hydrogen-bond acceptors (Lipinski definition) is 2. The van der Waals surface area contributed by atoms with Gasteiger partial charge in [-0.2, -0.15) is 13.2 Å². The average Bonchev–Trinajstić information content (AvgIpc) is 2.17. The first-order valence-electron chi connectivity index (χ1n) is 4.22. The Hall–Kier alpha value is -0.680. The number of benzene rings is 1. The summed E-state index contributed by atoms with van der Waals surface area (Å²) in [5.74, 6) is 0. The third-order valence-electron chi connectivity index (χ3n) is 1.88. The average molecular weight is 236 g/mol. The zero-order valence-electron chi connectivity index (χ0n) is 8.39. The SMILES string of the molecule is COCc1ccc(SC)c(C(F)(F)F)c1. The maximum atomic E-state index is 12.6. The van der Waals surface area contributed by atoms with E-state index in [1.807, 2.05) is 0 Å². The molecule has 0 heterocycles. The van der Waals surface area contributed by atoms with Crippen molar-refractivity contribution in [3.63, 3.8) is 0 Å². The number of halogens is 3. The Balaban J connectivity index is 3.13. The monoisotopic (exact) mass is 236 g/mol. The first-order valence-corrected chi connectivity index (χ1v) is 5.44. The highest BCUT2D eigenvalue weighted by molar-refractivity contribution is 7.98. The van der Waals surface area contributed by atoms with Gasteiger partial charge in [0, 0.05) is 12.0 Å². The fourth-order valence-electron chi connectivity index (χ4n) is 1.23. The van der Waals surface area contributed by atoms with E-state index in [-0.39, 0.29) is 11.5 Å². The Morgan fingerprint density at radius 1 is 1.33 bits per heavy atom. The lowest BCUT2D eigenvalue weighted by atomic mass is 10.1. The lowest BCUT2D eigenvalue weighted by molar-refractivity contribution is -0.139. The summed E-state index contributed by atoms with van der Waals surface area (Å²) in [5, 5.41) is 0. The molecule has 1 nitrogen and oxygen atoms in total. The lowest BCUT2D eigenvalue weighted by Gasteiger charge is -2.12.